The molecule has 0 aliphatic carbocycles. The molecule has 0 spiro atoms. The van der Waals surface area contributed by atoms with Crippen molar-refractivity contribution in [1.29, 1.82) is 0 Å². The maximum absolute atomic E-state index is 5.96. The first kappa shape index (κ1) is 11.2. The smallest absolute Gasteiger partial charge is 0.0738 e. The van der Waals surface area contributed by atoms with Crippen LogP contribution in [-0.4, -0.2) is 43.1 Å². The normalized spacial score (nSPS) is 21.4. The van der Waals surface area contributed by atoms with Crippen molar-refractivity contribution < 1.29 is 0 Å². The number of piperidine rings is 1. The van der Waals surface area contributed by atoms with E-state index in [1.165, 1.54) is 12.8 Å². The summed E-state index contributed by atoms with van der Waals surface area (Å²) in [5, 5.41) is 0. The van der Waals surface area contributed by atoms with Crippen LogP contribution >= 0.6 is 0 Å². The molecule has 1 aliphatic heterocycles. The maximum Gasteiger partial charge on any atom is 0.0738 e. The Hall–Kier alpha value is -1.29. The zero-order valence-electron chi connectivity index (χ0n) is 10.1. The molecule has 0 aromatic carbocycles. The summed E-state index contributed by atoms with van der Waals surface area (Å²) in [4.78, 5) is 8.69. The van der Waals surface area contributed by atoms with E-state index < -0.39 is 0 Å². The van der Waals surface area contributed by atoms with E-state index in [0.29, 0.717) is 6.04 Å². The fourth-order valence-corrected chi connectivity index (χ4v) is 2.28. The van der Waals surface area contributed by atoms with Crippen molar-refractivity contribution in [3.05, 3.63) is 18.5 Å². The molecule has 16 heavy (non-hydrogen) atoms. The van der Waals surface area contributed by atoms with Crippen molar-refractivity contribution in [2.45, 2.75) is 18.9 Å². The fourth-order valence-electron chi connectivity index (χ4n) is 2.28. The number of nitrogens with zero attached hydrogens (tertiary/aromatic N) is 3. The summed E-state index contributed by atoms with van der Waals surface area (Å²) in [5.74, 6) is 0. The summed E-state index contributed by atoms with van der Waals surface area (Å²) in [5.41, 5.74) is 7.86. The van der Waals surface area contributed by atoms with Gasteiger partial charge in [0, 0.05) is 25.3 Å². The third kappa shape index (κ3) is 2.27. The van der Waals surface area contributed by atoms with E-state index >= 15 is 0 Å². The average Bonchev–Trinajstić information content (AvgIpc) is 2.30. The van der Waals surface area contributed by atoms with Gasteiger partial charge in [-0.15, -0.1) is 0 Å². The highest BCUT2D eigenvalue weighted by molar-refractivity contribution is 5.66. The summed E-state index contributed by atoms with van der Waals surface area (Å²) in [6, 6.07) is 2.63. The van der Waals surface area contributed by atoms with Gasteiger partial charge in [-0.2, -0.15) is 0 Å². The summed E-state index contributed by atoms with van der Waals surface area (Å²) in [6.07, 6.45) is 6.04. The lowest BCUT2D eigenvalue weighted by Gasteiger charge is -2.37. The minimum Gasteiger partial charge on any atom is -0.396 e. The largest absolute Gasteiger partial charge is 0.396 e. The Morgan fingerprint density at radius 2 is 2.31 bits per heavy atom. The van der Waals surface area contributed by atoms with Gasteiger partial charge in [0.2, 0.25) is 0 Å². The molecule has 2 N–H and O–H groups in total. The van der Waals surface area contributed by atoms with E-state index in [-0.39, 0.29) is 0 Å². The highest BCUT2D eigenvalue weighted by Crippen LogP contribution is 2.25. The maximum atomic E-state index is 5.96. The van der Waals surface area contributed by atoms with Gasteiger partial charge >= 0.3 is 0 Å². The van der Waals surface area contributed by atoms with Crippen LogP contribution in [0.4, 0.5) is 11.4 Å². The second kappa shape index (κ2) is 4.70. The molecule has 1 unspecified atom stereocenters. The third-order valence-electron chi connectivity index (χ3n) is 3.30. The number of hydrogen-bond donors (Lipinski definition) is 1. The molecule has 1 aromatic heterocycles. The zero-order valence-corrected chi connectivity index (χ0v) is 10.1. The molecule has 0 saturated carbocycles. The number of aromatic nitrogens is 1. The summed E-state index contributed by atoms with van der Waals surface area (Å²) >= 11 is 0. The zero-order chi connectivity index (χ0) is 11.5. The van der Waals surface area contributed by atoms with Crippen molar-refractivity contribution in [3.8, 4) is 0 Å². The van der Waals surface area contributed by atoms with Crippen LogP contribution in [0.15, 0.2) is 18.5 Å². The first-order valence-electron chi connectivity index (χ1n) is 5.79. The van der Waals surface area contributed by atoms with Gasteiger partial charge in [-0.25, -0.2) is 0 Å². The van der Waals surface area contributed by atoms with Crippen LogP contribution < -0.4 is 10.6 Å². The predicted molar refractivity (Wildman–Crippen MR) is 67.6 cm³/mol. The summed E-state index contributed by atoms with van der Waals surface area (Å²) in [6.45, 7) is 2.15. The lowest BCUT2D eigenvalue weighted by molar-refractivity contribution is 0.258. The number of hydrogen-bond acceptors (Lipinski definition) is 4. The van der Waals surface area contributed by atoms with Crippen LogP contribution in [0, 0.1) is 0 Å². The molecule has 1 aliphatic rings. The molecule has 1 aromatic rings. The second-order valence-corrected chi connectivity index (χ2v) is 4.64. The van der Waals surface area contributed by atoms with E-state index in [1.807, 2.05) is 12.3 Å². The van der Waals surface area contributed by atoms with Crippen molar-refractivity contribution in [3.63, 3.8) is 0 Å². The molecular weight excluding hydrogens is 200 g/mol. The van der Waals surface area contributed by atoms with E-state index in [2.05, 4.69) is 28.9 Å². The van der Waals surface area contributed by atoms with Gasteiger partial charge in [-0.1, -0.05) is 0 Å². The Bertz CT molecular complexity index is 351. The van der Waals surface area contributed by atoms with E-state index in [9.17, 15) is 0 Å². The Morgan fingerprint density at radius 1 is 1.50 bits per heavy atom. The van der Waals surface area contributed by atoms with Crippen molar-refractivity contribution >= 4 is 11.4 Å². The van der Waals surface area contributed by atoms with Gasteiger partial charge in [0.05, 0.1) is 17.6 Å². The minimum absolute atomic E-state index is 0.626. The highest BCUT2D eigenvalue weighted by Gasteiger charge is 2.22. The number of likely N-dealkylation sites (N-methyl/N-ethyl adjacent to an activating group) is 1. The molecule has 2 rings (SSSR count). The average molecular weight is 220 g/mol. The number of nitrogens with two attached hydrogens (primary N) is 1. The van der Waals surface area contributed by atoms with Crippen LogP contribution in [-0.2, 0) is 0 Å². The number of rotatable bonds is 2. The van der Waals surface area contributed by atoms with E-state index in [1.54, 1.807) is 6.20 Å². The molecule has 1 atom stereocenters. The quantitative estimate of drug-likeness (QED) is 0.813. The lowest BCUT2D eigenvalue weighted by atomic mass is 10.0. The molecule has 0 radical (unpaired) electrons. The molecule has 0 bridgehead atoms. The molecule has 1 fully saturated rings. The molecule has 4 heteroatoms. The van der Waals surface area contributed by atoms with Crippen molar-refractivity contribution in [2.75, 3.05) is 37.8 Å². The number of pyridine rings is 1. The van der Waals surface area contributed by atoms with Gasteiger partial charge in [-0.3, -0.25) is 4.98 Å². The molecule has 0 amide bonds. The van der Waals surface area contributed by atoms with Gasteiger partial charge in [0.1, 0.15) is 0 Å². The summed E-state index contributed by atoms with van der Waals surface area (Å²) < 4.78 is 0. The Morgan fingerprint density at radius 3 is 3.00 bits per heavy atom. The SMILES string of the molecule is CN(C)C1CCCN(c2ccncc2N)C1. The highest BCUT2D eigenvalue weighted by atomic mass is 15.2. The Balaban J connectivity index is 2.13. The Kier molecular flexibility index (Phi) is 3.29. The molecule has 88 valence electrons. The standard InChI is InChI=1S/C12H20N4/c1-15(2)10-4-3-7-16(9-10)12-5-6-14-8-11(12)13/h5-6,8,10H,3-4,7,9,13H2,1-2H3. The first-order valence-corrected chi connectivity index (χ1v) is 5.79. The topological polar surface area (TPSA) is 45.4 Å². The van der Waals surface area contributed by atoms with Crippen LogP contribution in [0.3, 0.4) is 0 Å². The van der Waals surface area contributed by atoms with Crippen LogP contribution in [0.5, 0.6) is 0 Å². The minimum atomic E-state index is 0.626. The van der Waals surface area contributed by atoms with Gasteiger partial charge in [-0.05, 0) is 33.0 Å². The van der Waals surface area contributed by atoms with Crippen LogP contribution in [0.2, 0.25) is 0 Å². The van der Waals surface area contributed by atoms with Crippen molar-refractivity contribution in [2.24, 2.45) is 0 Å². The molecule has 4 nitrogen and oxygen atoms in total. The Labute approximate surface area is 97.1 Å². The van der Waals surface area contributed by atoms with Gasteiger partial charge in [0.25, 0.3) is 0 Å². The van der Waals surface area contributed by atoms with E-state index in [0.717, 1.165) is 24.5 Å². The van der Waals surface area contributed by atoms with Crippen LogP contribution in [0.1, 0.15) is 12.8 Å². The lowest BCUT2D eigenvalue weighted by Crippen LogP contribution is -2.45. The molecule has 2 heterocycles. The molecular formula is C12H20N4. The van der Waals surface area contributed by atoms with E-state index in [4.69, 9.17) is 5.73 Å². The van der Waals surface area contributed by atoms with Crippen LogP contribution in [0.25, 0.3) is 0 Å². The van der Waals surface area contributed by atoms with Gasteiger partial charge in [0.15, 0.2) is 0 Å². The van der Waals surface area contributed by atoms with Gasteiger partial charge < -0.3 is 15.5 Å². The summed E-state index contributed by atoms with van der Waals surface area (Å²) in [7, 11) is 4.29. The second-order valence-electron chi connectivity index (χ2n) is 4.64. The first-order chi connectivity index (χ1) is 7.68. The van der Waals surface area contributed by atoms with Crippen molar-refractivity contribution in [1.82, 2.24) is 9.88 Å². The number of anilines is 2. The number of nitrogen functional groups attached to an aromatic ring is 1. The fraction of sp³-hybridized carbons (Fsp3) is 0.583. The third-order valence-corrected chi connectivity index (χ3v) is 3.30. The molecule has 1 saturated heterocycles. The predicted octanol–water partition coefficient (Wildman–Crippen LogP) is 1.19. The monoisotopic (exact) mass is 220 g/mol.